The molecule has 0 radical (unpaired) electrons. The molecule has 1 atom stereocenters. The molecule has 0 spiro atoms. The van der Waals surface area contributed by atoms with Gasteiger partial charge in [0.15, 0.2) is 11.5 Å². The van der Waals surface area contributed by atoms with Gasteiger partial charge in [-0.1, -0.05) is 28.1 Å². The molecule has 32 heavy (non-hydrogen) atoms. The molecule has 0 aliphatic carbocycles. The largest absolute Gasteiger partial charge is 0.497 e. The third-order valence-corrected chi connectivity index (χ3v) is 6.03. The molecule has 5 nitrogen and oxygen atoms in total. The second kappa shape index (κ2) is 9.65. The Morgan fingerprint density at radius 3 is 2.16 bits per heavy atom. The number of hydrogen-bond donors (Lipinski definition) is 0. The standard InChI is InChI=1S/C26H26BrNO4/c1-4-31-23-14-18-15-25(29)28(20-10-8-19(27)9-11-20)26(22(18)16-24(23)32-5-2)17-6-12-21(30-3)13-7-17/h6-14,16,26H,4-5,15H2,1-3H3/t26-/m0/s1. The molecule has 3 aromatic rings. The lowest BCUT2D eigenvalue weighted by molar-refractivity contribution is -0.118. The summed E-state index contributed by atoms with van der Waals surface area (Å²) in [4.78, 5) is 15.3. The van der Waals surface area contributed by atoms with E-state index in [-0.39, 0.29) is 11.9 Å². The lowest BCUT2D eigenvalue weighted by Crippen LogP contribution is -2.41. The van der Waals surface area contributed by atoms with Gasteiger partial charge in [0.1, 0.15) is 5.75 Å². The Hall–Kier alpha value is -2.99. The number of anilines is 1. The van der Waals surface area contributed by atoms with E-state index in [1.54, 1.807) is 7.11 Å². The van der Waals surface area contributed by atoms with Crippen LogP contribution in [-0.2, 0) is 11.2 Å². The quantitative estimate of drug-likeness (QED) is 0.407. The van der Waals surface area contributed by atoms with E-state index < -0.39 is 0 Å². The highest BCUT2D eigenvalue weighted by molar-refractivity contribution is 9.10. The molecular weight excluding hydrogens is 470 g/mol. The minimum absolute atomic E-state index is 0.0345. The predicted molar refractivity (Wildman–Crippen MR) is 129 cm³/mol. The van der Waals surface area contributed by atoms with Gasteiger partial charge in [0.05, 0.1) is 32.8 Å². The maximum atomic E-state index is 13.4. The fourth-order valence-corrected chi connectivity index (χ4v) is 4.37. The van der Waals surface area contributed by atoms with Gasteiger partial charge in [0.25, 0.3) is 0 Å². The van der Waals surface area contributed by atoms with Crippen LogP contribution >= 0.6 is 15.9 Å². The number of halogens is 1. The van der Waals surface area contributed by atoms with E-state index in [0.717, 1.165) is 32.6 Å². The maximum Gasteiger partial charge on any atom is 0.232 e. The van der Waals surface area contributed by atoms with E-state index in [2.05, 4.69) is 15.9 Å². The molecule has 6 heteroatoms. The molecule has 0 aromatic heterocycles. The average Bonchev–Trinajstić information content (AvgIpc) is 2.80. The number of nitrogens with zero attached hydrogens (tertiary/aromatic N) is 1. The highest BCUT2D eigenvalue weighted by Crippen LogP contribution is 2.43. The van der Waals surface area contributed by atoms with E-state index in [4.69, 9.17) is 14.2 Å². The van der Waals surface area contributed by atoms with Crippen LogP contribution in [0.1, 0.15) is 36.6 Å². The number of amides is 1. The molecule has 1 amide bonds. The number of ether oxygens (including phenoxy) is 3. The zero-order valence-corrected chi connectivity index (χ0v) is 20.0. The predicted octanol–water partition coefficient (Wildman–Crippen LogP) is 5.93. The summed E-state index contributed by atoms with van der Waals surface area (Å²) >= 11 is 3.49. The molecule has 0 bridgehead atoms. The van der Waals surface area contributed by atoms with Crippen LogP contribution in [0.4, 0.5) is 5.69 Å². The third kappa shape index (κ3) is 4.32. The summed E-state index contributed by atoms with van der Waals surface area (Å²) in [6.07, 6.45) is 0.296. The zero-order valence-electron chi connectivity index (χ0n) is 18.4. The van der Waals surface area contributed by atoms with E-state index in [1.807, 2.05) is 79.4 Å². The Balaban J connectivity index is 1.90. The Bertz CT molecular complexity index is 1100. The summed E-state index contributed by atoms with van der Waals surface area (Å²) in [6.45, 7) is 4.95. The molecule has 1 aliphatic heterocycles. The number of fused-ring (bicyclic) bond motifs is 1. The summed E-state index contributed by atoms with van der Waals surface area (Å²) in [5.41, 5.74) is 3.83. The second-order valence-corrected chi connectivity index (χ2v) is 8.37. The van der Waals surface area contributed by atoms with Gasteiger partial charge in [-0.25, -0.2) is 0 Å². The molecule has 1 aliphatic rings. The molecule has 0 unspecified atom stereocenters. The minimum Gasteiger partial charge on any atom is -0.497 e. The van der Waals surface area contributed by atoms with Gasteiger partial charge in [-0.05, 0) is 79.1 Å². The van der Waals surface area contributed by atoms with Gasteiger partial charge in [0, 0.05) is 10.2 Å². The van der Waals surface area contributed by atoms with Crippen LogP contribution in [0.15, 0.2) is 65.1 Å². The van der Waals surface area contributed by atoms with Crippen molar-refractivity contribution in [2.24, 2.45) is 0 Å². The molecule has 0 saturated heterocycles. The molecule has 3 aromatic carbocycles. The summed E-state index contributed by atoms with van der Waals surface area (Å²) in [5.74, 6) is 2.17. The summed E-state index contributed by atoms with van der Waals surface area (Å²) in [6, 6.07) is 19.4. The van der Waals surface area contributed by atoms with Gasteiger partial charge in [-0.2, -0.15) is 0 Å². The van der Waals surface area contributed by atoms with Crippen molar-refractivity contribution < 1.29 is 19.0 Å². The van der Waals surface area contributed by atoms with Crippen molar-refractivity contribution in [2.45, 2.75) is 26.3 Å². The Labute approximate surface area is 197 Å². The summed E-state index contributed by atoms with van der Waals surface area (Å²) in [7, 11) is 1.65. The zero-order chi connectivity index (χ0) is 22.7. The molecule has 1 heterocycles. The van der Waals surface area contributed by atoms with Gasteiger partial charge in [-0.3, -0.25) is 4.79 Å². The Kier molecular flexibility index (Phi) is 6.70. The van der Waals surface area contributed by atoms with E-state index >= 15 is 0 Å². The van der Waals surface area contributed by atoms with E-state index in [9.17, 15) is 4.79 Å². The van der Waals surface area contributed by atoms with Crippen LogP contribution < -0.4 is 19.1 Å². The summed E-state index contributed by atoms with van der Waals surface area (Å²) < 4.78 is 18.0. The van der Waals surface area contributed by atoms with Gasteiger partial charge >= 0.3 is 0 Å². The smallest absolute Gasteiger partial charge is 0.232 e. The van der Waals surface area contributed by atoms with Crippen LogP contribution in [-0.4, -0.2) is 26.2 Å². The monoisotopic (exact) mass is 495 g/mol. The SMILES string of the molecule is CCOc1cc2c(cc1OCC)[C@H](c1ccc(OC)cc1)N(c1ccc(Br)cc1)C(=O)C2. The first-order chi connectivity index (χ1) is 15.5. The topological polar surface area (TPSA) is 48.0 Å². The summed E-state index contributed by atoms with van der Waals surface area (Å²) in [5, 5.41) is 0. The van der Waals surface area contributed by atoms with Crippen LogP contribution in [0.2, 0.25) is 0 Å². The van der Waals surface area contributed by atoms with Crippen molar-refractivity contribution in [1.29, 1.82) is 0 Å². The molecule has 0 saturated carbocycles. The fourth-order valence-electron chi connectivity index (χ4n) is 4.10. The van der Waals surface area contributed by atoms with Crippen molar-refractivity contribution in [3.8, 4) is 17.2 Å². The molecule has 0 fully saturated rings. The highest BCUT2D eigenvalue weighted by atomic mass is 79.9. The van der Waals surface area contributed by atoms with E-state index in [1.165, 1.54) is 0 Å². The van der Waals surface area contributed by atoms with Crippen molar-refractivity contribution in [3.05, 3.63) is 81.8 Å². The molecule has 166 valence electrons. The normalized spacial score (nSPS) is 15.3. The molecule has 4 rings (SSSR count). The van der Waals surface area contributed by atoms with Gasteiger partial charge in [0.2, 0.25) is 5.91 Å². The minimum atomic E-state index is -0.298. The van der Waals surface area contributed by atoms with Crippen molar-refractivity contribution in [1.82, 2.24) is 0 Å². The van der Waals surface area contributed by atoms with E-state index in [0.29, 0.717) is 31.1 Å². The number of carbonyl (C=O) groups is 1. The second-order valence-electron chi connectivity index (χ2n) is 7.46. The van der Waals surface area contributed by atoms with Crippen molar-refractivity contribution >= 4 is 27.5 Å². The number of hydrogen-bond acceptors (Lipinski definition) is 4. The van der Waals surface area contributed by atoms with Gasteiger partial charge < -0.3 is 19.1 Å². The Morgan fingerprint density at radius 2 is 1.56 bits per heavy atom. The first-order valence-corrected chi connectivity index (χ1v) is 11.5. The first-order valence-electron chi connectivity index (χ1n) is 10.7. The number of carbonyl (C=O) groups excluding carboxylic acids is 1. The number of benzene rings is 3. The van der Waals surface area contributed by atoms with Crippen LogP contribution in [0.5, 0.6) is 17.2 Å². The average molecular weight is 496 g/mol. The number of rotatable bonds is 7. The molecule has 0 N–H and O–H groups in total. The van der Waals surface area contributed by atoms with Crippen molar-refractivity contribution in [3.63, 3.8) is 0 Å². The fraction of sp³-hybridized carbons (Fsp3) is 0.269. The lowest BCUT2D eigenvalue weighted by Gasteiger charge is -2.38. The lowest BCUT2D eigenvalue weighted by atomic mass is 9.86. The first kappa shape index (κ1) is 22.2. The third-order valence-electron chi connectivity index (χ3n) is 5.50. The van der Waals surface area contributed by atoms with Crippen LogP contribution in [0.25, 0.3) is 0 Å². The Morgan fingerprint density at radius 1 is 0.938 bits per heavy atom. The maximum absolute atomic E-state index is 13.4. The molecular formula is C26H26BrNO4. The van der Waals surface area contributed by atoms with Gasteiger partial charge in [-0.15, -0.1) is 0 Å². The number of methoxy groups -OCH3 is 1. The van der Waals surface area contributed by atoms with Crippen molar-refractivity contribution in [2.75, 3.05) is 25.2 Å². The highest BCUT2D eigenvalue weighted by Gasteiger charge is 2.36. The van der Waals surface area contributed by atoms with Crippen LogP contribution in [0.3, 0.4) is 0 Å². The van der Waals surface area contributed by atoms with Crippen LogP contribution in [0, 0.1) is 0 Å².